The van der Waals surface area contributed by atoms with E-state index in [4.69, 9.17) is 4.52 Å². The van der Waals surface area contributed by atoms with Crippen LogP contribution in [-0.4, -0.2) is 40.6 Å². The zero-order chi connectivity index (χ0) is 12.3. The number of hydrogen-bond donors (Lipinski definition) is 1. The molecule has 0 saturated heterocycles. The fraction of sp³-hybridized carbons (Fsp3) is 0.545. The first-order valence-corrected chi connectivity index (χ1v) is 5.67. The van der Waals surface area contributed by atoms with Gasteiger partial charge in [-0.3, -0.25) is 4.79 Å². The van der Waals surface area contributed by atoms with E-state index in [-0.39, 0.29) is 18.4 Å². The van der Waals surface area contributed by atoms with Gasteiger partial charge in [0.1, 0.15) is 0 Å². The van der Waals surface area contributed by atoms with Gasteiger partial charge in [-0.2, -0.15) is 4.98 Å². The summed E-state index contributed by atoms with van der Waals surface area (Å²) in [7, 11) is 0. The number of amides is 1. The van der Waals surface area contributed by atoms with Crippen LogP contribution in [0.5, 0.6) is 0 Å². The van der Waals surface area contributed by atoms with Gasteiger partial charge in [0.2, 0.25) is 5.91 Å². The molecule has 1 aliphatic heterocycles. The van der Waals surface area contributed by atoms with Crippen molar-refractivity contribution < 1.29 is 9.32 Å². The zero-order valence-electron chi connectivity index (χ0n) is 10.0. The lowest BCUT2D eigenvalue weighted by Gasteiger charge is -2.14. The van der Waals surface area contributed by atoms with Crippen LogP contribution in [0.3, 0.4) is 0 Å². The number of rotatable bonds is 4. The maximum Gasteiger partial charge on any atom is 0.321 e. The van der Waals surface area contributed by atoms with E-state index in [1.807, 2.05) is 26.0 Å². The summed E-state index contributed by atoms with van der Waals surface area (Å²) in [5.74, 6) is 0.884. The highest BCUT2D eigenvalue weighted by Gasteiger charge is 2.15. The Labute approximate surface area is 99.7 Å². The molecule has 0 saturated carbocycles. The van der Waals surface area contributed by atoms with Gasteiger partial charge in [-0.15, -0.1) is 0 Å². The molecule has 1 N–H and O–H groups in total. The normalized spacial score (nSPS) is 14.6. The largest absolute Gasteiger partial charge is 0.334 e. The Morgan fingerprint density at radius 1 is 1.53 bits per heavy atom. The fourth-order valence-corrected chi connectivity index (χ4v) is 1.49. The average molecular weight is 236 g/mol. The van der Waals surface area contributed by atoms with Crippen molar-refractivity contribution >= 4 is 11.9 Å². The van der Waals surface area contributed by atoms with Crippen molar-refractivity contribution in [1.82, 2.24) is 15.0 Å². The summed E-state index contributed by atoms with van der Waals surface area (Å²) >= 11 is 0. The van der Waals surface area contributed by atoms with E-state index in [9.17, 15) is 4.79 Å². The molecule has 1 amide bonds. The second kappa shape index (κ2) is 4.99. The molecule has 6 heteroatoms. The topological polar surface area (TPSA) is 71.3 Å². The van der Waals surface area contributed by atoms with Gasteiger partial charge in [0, 0.05) is 19.0 Å². The van der Waals surface area contributed by atoms with E-state index in [1.165, 1.54) is 0 Å². The molecule has 6 nitrogen and oxygen atoms in total. The summed E-state index contributed by atoms with van der Waals surface area (Å²) in [6.07, 6.45) is 3.95. The summed E-state index contributed by atoms with van der Waals surface area (Å²) in [4.78, 5) is 17.6. The molecular weight excluding hydrogens is 220 g/mol. The van der Waals surface area contributed by atoms with Crippen molar-refractivity contribution in [2.75, 3.05) is 25.0 Å². The first kappa shape index (κ1) is 11.6. The Kier molecular flexibility index (Phi) is 3.41. The summed E-state index contributed by atoms with van der Waals surface area (Å²) in [5, 5.41) is 6.64. The minimum absolute atomic E-state index is 0.0271. The van der Waals surface area contributed by atoms with Crippen molar-refractivity contribution in [2.24, 2.45) is 0 Å². The SMILES string of the molecule is CC(C)c1noc(NCC(=O)N2CC=CC2)n1. The Bertz CT molecular complexity index is 417. The predicted octanol–water partition coefficient (Wildman–Crippen LogP) is 1.00. The van der Waals surface area contributed by atoms with Crippen molar-refractivity contribution in [3.8, 4) is 0 Å². The van der Waals surface area contributed by atoms with Crippen LogP contribution in [0.25, 0.3) is 0 Å². The minimum atomic E-state index is 0.0271. The number of carbonyl (C=O) groups excluding carboxylic acids is 1. The monoisotopic (exact) mass is 236 g/mol. The highest BCUT2D eigenvalue weighted by molar-refractivity contribution is 5.80. The first-order valence-electron chi connectivity index (χ1n) is 5.67. The molecule has 0 aliphatic carbocycles. The van der Waals surface area contributed by atoms with Crippen LogP contribution in [-0.2, 0) is 4.79 Å². The van der Waals surface area contributed by atoms with Crippen molar-refractivity contribution in [3.05, 3.63) is 18.0 Å². The summed E-state index contributed by atoms with van der Waals surface area (Å²) in [6.45, 7) is 5.51. The van der Waals surface area contributed by atoms with E-state index >= 15 is 0 Å². The van der Waals surface area contributed by atoms with Crippen LogP contribution in [0.4, 0.5) is 6.01 Å². The molecule has 0 spiro atoms. The third kappa shape index (κ3) is 2.83. The number of aromatic nitrogens is 2. The second-order valence-electron chi connectivity index (χ2n) is 4.24. The van der Waals surface area contributed by atoms with E-state index < -0.39 is 0 Å². The lowest BCUT2D eigenvalue weighted by molar-refractivity contribution is -0.127. The van der Waals surface area contributed by atoms with Crippen molar-refractivity contribution in [3.63, 3.8) is 0 Å². The lowest BCUT2D eigenvalue weighted by atomic mass is 10.2. The van der Waals surface area contributed by atoms with Gasteiger partial charge in [-0.05, 0) is 0 Å². The van der Waals surface area contributed by atoms with E-state index in [2.05, 4.69) is 15.5 Å². The second-order valence-corrected chi connectivity index (χ2v) is 4.24. The van der Waals surface area contributed by atoms with Gasteiger partial charge < -0.3 is 14.7 Å². The zero-order valence-corrected chi connectivity index (χ0v) is 10.0. The Hall–Kier alpha value is -1.85. The Balaban J connectivity index is 1.82. The Morgan fingerprint density at radius 2 is 2.24 bits per heavy atom. The van der Waals surface area contributed by atoms with E-state index in [0.717, 1.165) is 0 Å². The molecule has 0 radical (unpaired) electrons. The predicted molar refractivity (Wildman–Crippen MR) is 62.6 cm³/mol. The fourth-order valence-electron chi connectivity index (χ4n) is 1.49. The highest BCUT2D eigenvalue weighted by atomic mass is 16.5. The molecule has 1 aromatic rings. The maximum absolute atomic E-state index is 11.7. The lowest BCUT2D eigenvalue weighted by Crippen LogP contribution is -2.33. The third-order valence-corrected chi connectivity index (χ3v) is 2.52. The van der Waals surface area contributed by atoms with Crippen molar-refractivity contribution in [1.29, 1.82) is 0 Å². The average Bonchev–Trinajstić information content (AvgIpc) is 2.97. The number of nitrogens with one attached hydrogen (secondary N) is 1. The maximum atomic E-state index is 11.7. The number of carbonyl (C=O) groups is 1. The summed E-state index contributed by atoms with van der Waals surface area (Å²) in [5.41, 5.74) is 0. The molecule has 0 unspecified atom stereocenters. The smallest absolute Gasteiger partial charge is 0.321 e. The molecule has 0 aromatic carbocycles. The van der Waals surface area contributed by atoms with Crippen molar-refractivity contribution in [2.45, 2.75) is 19.8 Å². The summed E-state index contributed by atoms with van der Waals surface area (Å²) < 4.78 is 4.98. The molecular formula is C11H16N4O2. The molecule has 1 aliphatic rings. The molecule has 2 heterocycles. The quantitative estimate of drug-likeness (QED) is 0.790. The van der Waals surface area contributed by atoms with E-state index in [1.54, 1.807) is 4.90 Å². The minimum Gasteiger partial charge on any atom is -0.334 e. The molecule has 17 heavy (non-hydrogen) atoms. The molecule has 1 aromatic heterocycles. The van der Waals surface area contributed by atoms with Crippen LogP contribution >= 0.6 is 0 Å². The number of anilines is 1. The van der Waals surface area contributed by atoms with Crippen LogP contribution in [0, 0.1) is 0 Å². The third-order valence-electron chi connectivity index (χ3n) is 2.52. The van der Waals surface area contributed by atoms with Gasteiger partial charge in [-0.1, -0.05) is 31.2 Å². The van der Waals surface area contributed by atoms with Gasteiger partial charge in [0.15, 0.2) is 5.82 Å². The van der Waals surface area contributed by atoms with Crippen LogP contribution in [0.1, 0.15) is 25.6 Å². The molecule has 0 bridgehead atoms. The molecule has 2 rings (SSSR count). The first-order chi connectivity index (χ1) is 8.16. The van der Waals surface area contributed by atoms with Gasteiger partial charge in [0.25, 0.3) is 0 Å². The van der Waals surface area contributed by atoms with Crippen LogP contribution in [0.2, 0.25) is 0 Å². The highest BCUT2D eigenvalue weighted by Crippen LogP contribution is 2.12. The molecule has 92 valence electrons. The van der Waals surface area contributed by atoms with E-state index in [0.29, 0.717) is 24.9 Å². The number of hydrogen-bond acceptors (Lipinski definition) is 5. The van der Waals surface area contributed by atoms with Gasteiger partial charge in [-0.25, -0.2) is 0 Å². The molecule has 0 fully saturated rings. The summed E-state index contributed by atoms with van der Waals surface area (Å²) in [6, 6.07) is 0.300. The number of nitrogens with zero attached hydrogens (tertiary/aromatic N) is 3. The van der Waals surface area contributed by atoms with Gasteiger partial charge >= 0.3 is 6.01 Å². The standard InChI is InChI=1S/C11H16N4O2/c1-8(2)10-13-11(17-14-10)12-7-9(16)15-5-3-4-6-15/h3-4,8H,5-7H2,1-2H3,(H,12,13,14). The molecule has 0 atom stereocenters. The van der Waals surface area contributed by atoms with Crippen LogP contribution < -0.4 is 5.32 Å². The van der Waals surface area contributed by atoms with Crippen LogP contribution in [0.15, 0.2) is 16.7 Å². The Morgan fingerprint density at radius 3 is 2.82 bits per heavy atom. The van der Waals surface area contributed by atoms with Gasteiger partial charge in [0.05, 0.1) is 6.54 Å².